The van der Waals surface area contributed by atoms with Gasteiger partial charge in [-0.2, -0.15) is 0 Å². The molecular weight excluding hydrogens is 280 g/mol. The van der Waals surface area contributed by atoms with E-state index in [0.29, 0.717) is 0 Å². The van der Waals surface area contributed by atoms with Crippen LogP contribution in [0, 0.1) is 0 Å². The third-order valence-electron chi connectivity index (χ3n) is 3.35. The highest BCUT2D eigenvalue weighted by Gasteiger charge is 2.11. The molecule has 0 aliphatic carbocycles. The van der Waals surface area contributed by atoms with Crippen LogP contribution in [0.15, 0.2) is 67.8 Å². The van der Waals surface area contributed by atoms with Crippen molar-refractivity contribution in [3.63, 3.8) is 0 Å². The lowest BCUT2D eigenvalue weighted by atomic mass is 10.0. The molecule has 0 saturated heterocycles. The minimum absolute atomic E-state index is 0.227. The molecule has 1 heterocycles. The largest absolute Gasteiger partial charge is 0.223 e. The van der Waals surface area contributed by atoms with Crippen LogP contribution >= 0.6 is 11.6 Å². The highest BCUT2D eigenvalue weighted by Crippen LogP contribution is 2.30. The van der Waals surface area contributed by atoms with Crippen molar-refractivity contribution in [3.05, 3.63) is 78.8 Å². The molecule has 0 bridgehead atoms. The van der Waals surface area contributed by atoms with Gasteiger partial charge >= 0.3 is 0 Å². The average Bonchev–Trinajstić information content (AvgIpc) is 2.51. The Balaban J connectivity index is 2.46. The summed E-state index contributed by atoms with van der Waals surface area (Å²) in [6.45, 7) is 7.56. The maximum atomic E-state index is 6.12. The van der Waals surface area contributed by atoms with Crippen LogP contribution < -0.4 is 0 Å². The molecule has 0 fully saturated rings. The quantitative estimate of drug-likeness (QED) is 0.377. The van der Waals surface area contributed by atoms with E-state index >= 15 is 0 Å². The molecule has 0 aliphatic heterocycles. The fraction of sp³-hybridized carbons (Fsp3) is 0. The first-order valence-electron chi connectivity index (χ1n) is 6.55. The van der Waals surface area contributed by atoms with E-state index in [-0.39, 0.29) is 5.28 Å². The SMILES string of the molecule is C=C/C=C(\C=C)c1nc(Cl)nc2c1ccc1ccccc12. The molecule has 0 aliphatic rings. The number of halogens is 1. The summed E-state index contributed by atoms with van der Waals surface area (Å²) in [7, 11) is 0. The molecule has 2 aromatic carbocycles. The molecule has 0 atom stereocenters. The van der Waals surface area contributed by atoms with E-state index in [1.54, 1.807) is 12.2 Å². The van der Waals surface area contributed by atoms with Gasteiger partial charge in [0.15, 0.2) is 0 Å². The normalized spacial score (nSPS) is 11.8. The van der Waals surface area contributed by atoms with E-state index in [1.165, 1.54) is 0 Å². The molecule has 0 unspecified atom stereocenters. The smallest absolute Gasteiger partial charge is 0.217 e. The molecule has 21 heavy (non-hydrogen) atoms. The molecule has 3 heteroatoms. The van der Waals surface area contributed by atoms with E-state index in [0.717, 1.165) is 32.9 Å². The van der Waals surface area contributed by atoms with Gasteiger partial charge < -0.3 is 0 Å². The van der Waals surface area contributed by atoms with Crippen LogP contribution in [-0.4, -0.2) is 9.97 Å². The van der Waals surface area contributed by atoms with E-state index in [2.05, 4.69) is 35.3 Å². The lowest BCUT2D eigenvalue weighted by molar-refractivity contribution is 1.20. The Kier molecular flexibility index (Phi) is 3.55. The van der Waals surface area contributed by atoms with Gasteiger partial charge in [0.1, 0.15) is 0 Å². The van der Waals surface area contributed by atoms with E-state index in [1.807, 2.05) is 30.3 Å². The predicted octanol–water partition coefficient (Wildman–Crippen LogP) is 5.19. The van der Waals surface area contributed by atoms with Crippen LogP contribution in [0.25, 0.3) is 27.2 Å². The zero-order valence-corrected chi connectivity index (χ0v) is 12.1. The van der Waals surface area contributed by atoms with Gasteiger partial charge in [0.2, 0.25) is 5.28 Å². The summed E-state index contributed by atoms with van der Waals surface area (Å²) in [5.41, 5.74) is 2.49. The number of aromatic nitrogens is 2. The van der Waals surface area contributed by atoms with Crippen LogP contribution in [0.3, 0.4) is 0 Å². The summed E-state index contributed by atoms with van der Waals surface area (Å²) >= 11 is 6.12. The standard InChI is InChI=1S/C18H13ClN2/c1-3-7-12(4-2)16-15-11-10-13-8-5-6-9-14(13)17(15)21-18(19)20-16/h3-11H,1-2H2/b12-7+. The summed E-state index contributed by atoms with van der Waals surface area (Å²) in [6.07, 6.45) is 5.31. The zero-order valence-electron chi connectivity index (χ0n) is 11.4. The Morgan fingerprint density at radius 2 is 1.81 bits per heavy atom. The monoisotopic (exact) mass is 292 g/mol. The molecule has 0 radical (unpaired) electrons. The van der Waals surface area contributed by atoms with E-state index < -0.39 is 0 Å². The van der Waals surface area contributed by atoms with Crippen LogP contribution in [-0.2, 0) is 0 Å². The van der Waals surface area contributed by atoms with Crippen molar-refractivity contribution in [2.24, 2.45) is 0 Å². The van der Waals surface area contributed by atoms with Crippen molar-refractivity contribution >= 4 is 38.8 Å². The first-order valence-corrected chi connectivity index (χ1v) is 6.93. The van der Waals surface area contributed by atoms with Gasteiger partial charge in [-0.25, -0.2) is 9.97 Å². The van der Waals surface area contributed by atoms with Gasteiger partial charge in [0.05, 0.1) is 11.2 Å². The summed E-state index contributed by atoms with van der Waals surface area (Å²) in [4.78, 5) is 8.77. The van der Waals surface area contributed by atoms with Crippen molar-refractivity contribution in [1.29, 1.82) is 0 Å². The molecule has 0 amide bonds. The van der Waals surface area contributed by atoms with Crippen molar-refractivity contribution in [1.82, 2.24) is 9.97 Å². The number of fused-ring (bicyclic) bond motifs is 3. The number of hydrogen-bond donors (Lipinski definition) is 0. The third kappa shape index (κ3) is 2.34. The lowest BCUT2D eigenvalue weighted by Gasteiger charge is -2.09. The fourth-order valence-electron chi connectivity index (χ4n) is 2.43. The Morgan fingerprint density at radius 3 is 2.57 bits per heavy atom. The molecule has 3 aromatic rings. The van der Waals surface area contributed by atoms with E-state index in [9.17, 15) is 0 Å². The minimum Gasteiger partial charge on any atom is -0.217 e. The summed E-state index contributed by atoms with van der Waals surface area (Å²) < 4.78 is 0. The zero-order chi connectivity index (χ0) is 14.8. The summed E-state index contributed by atoms with van der Waals surface area (Å²) in [6, 6.07) is 12.2. The van der Waals surface area contributed by atoms with Gasteiger partial charge in [0, 0.05) is 16.3 Å². The topological polar surface area (TPSA) is 25.8 Å². The molecule has 102 valence electrons. The summed E-state index contributed by atoms with van der Waals surface area (Å²) in [5, 5.41) is 3.36. The number of hydrogen-bond acceptors (Lipinski definition) is 2. The molecule has 0 saturated carbocycles. The second-order valence-electron chi connectivity index (χ2n) is 4.59. The second kappa shape index (κ2) is 5.51. The number of benzene rings is 2. The number of allylic oxidation sites excluding steroid dienone is 4. The van der Waals surface area contributed by atoms with Gasteiger partial charge in [-0.1, -0.05) is 61.7 Å². The van der Waals surface area contributed by atoms with Crippen molar-refractivity contribution < 1.29 is 0 Å². The minimum atomic E-state index is 0.227. The van der Waals surface area contributed by atoms with Crippen LogP contribution in [0.5, 0.6) is 0 Å². The third-order valence-corrected chi connectivity index (χ3v) is 3.52. The molecule has 1 aromatic heterocycles. The molecular formula is C18H13ClN2. The van der Waals surface area contributed by atoms with Crippen molar-refractivity contribution in [3.8, 4) is 0 Å². The van der Waals surface area contributed by atoms with E-state index in [4.69, 9.17) is 11.6 Å². The predicted molar refractivity (Wildman–Crippen MR) is 90.4 cm³/mol. The van der Waals surface area contributed by atoms with Gasteiger partial charge in [-0.05, 0) is 23.1 Å². The number of rotatable bonds is 3. The Hall–Kier alpha value is -2.45. The Bertz CT molecular complexity index is 894. The van der Waals surface area contributed by atoms with Crippen LogP contribution in [0.4, 0.5) is 0 Å². The number of nitrogens with zero attached hydrogens (tertiary/aromatic N) is 2. The summed E-state index contributed by atoms with van der Waals surface area (Å²) in [5.74, 6) is 0. The second-order valence-corrected chi connectivity index (χ2v) is 4.92. The molecule has 3 rings (SSSR count). The van der Waals surface area contributed by atoms with Crippen LogP contribution in [0.1, 0.15) is 5.69 Å². The highest BCUT2D eigenvalue weighted by molar-refractivity contribution is 6.29. The molecule has 2 nitrogen and oxygen atoms in total. The first-order chi connectivity index (χ1) is 10.2. The average molecular weight is 293 g/mol. The Morgan fingerprint density at radius 1 is 1.00 bits per heavy atom. The Labute approximate surface area is 128 Å². The maximum absolute atomic E-state index is 6.12. The van der Waals surface area contributed by atoms with Gasteiger partial charge in [0.25, 0.3) is 0 Å². The maximum Gasteiger partial charge on any atom is 0.223 e. The molecule has 0 N–H and O–H groups in total. The van der Waals surface area contributed by atoms with Crippen LogP contribution in [0.2, 0.25) is 5.28 Å². The van der Waals surface area contributed by atoms with Gasteiger partial charge in [-0.15, -0.1) is 0 Å². The first kappa shape index (κ1) is 13.5. The van der Waals surface area contributed by atoms with Gasteiger partial charge in [-0.3, -0.25) is 0 Å². The van der Waals surface area contributed by atoms with Crippen molar-refractivity contribution in [2.45, 2.75) is 0 Å². The highest BCUT2D eigenvalue weighted by atomic mass is 35.5. The lowest BCUT2D eigenvalue weighted by Crippen LogP contribution is -1.94. The van der Waals surface area contributed by atoms with Crippen molar-refractivity contribution in [2.75, 3.05) is 0 Å². The molecule has 0 spiro atoms. The fourth-order valence-corrected chi connectivity index (χ4v) is 2.60.